The Labute approximate surface area is 625 Å². The number of benzene rings is 5. The van der Waals surface area contributed by atoms with Crippen LogP contribution in [0.1, 0.15) is 54.0 Å². The number of amides is 2. The maximum Gasteiger partial charge on any atom is 0.342 e. The molecule has 32 heteroatoms. The third kappa shape index (κ3) is 21.8. The molecule has 0 bridgehead atoms. The number of carbonyl (C=O) groups is 4. The molecule has 1 aliphatic heterocycles. The lowest BCUT2D eigenvalue weighted by Crippen LogP contribution is -2.29. The van der Waals surface area contributed by atoms with Crippen molar-refractivity contribution in [3.05, 3.63) is 161 Å². The van der Waals surface area contributed by atoms with Crippen LogP contribution in [0.5, 0.6) is 11.5 Å². The van der Waals surface area contributed by atoms with Gasteiger partial charge in [-0.05, 0) is 110 Å². The van der Waals surface area contributed by atoms with Crippen molar-refractivity contribution in [3.8, 4) is 34.0 Å². The Balaban J connectivity index is 0.000000244. The molecule has 4 aromatic heterocycles. The Morgan fingerprint density at radius 2 is 1.00 bits per heavy atom. The molecule has 105 heavy (non-hydrogen) atoms. The second-order valence-electron chi connectivity index (χ2n) is 24.6. The van der Waals surface area contributed by atoms with Gasteiger partial charge in [0.2, 0.25) is 23.7 Å². The number of hydrogen-bond acceptors (Lipinski definition) is 23. The number of para-hydroxylation sites is 3. The highest BCUT2D eigenvalue weighted by atomic mass is 35.5. The summed E-state index contributed by atoms with van der Waals surface area (Å²) in [5.41, 5.74) is 9.30. The summed E-state index contributed by atoms with van der Waals surface area (Å²) in [6.07, 6.45) is 9.73. The number of hydrogen-bond donors (Lipinski definition) is 6. The molecule has 0 radical (unpaired) electrons. The van der Waals surface area contributed by atoms with Gasteiger partial charge in [-0.2, -0.15) is 17.9 Å². The third-order valence-electron chi connectivity index (χ3n) is 15.5. The second kappa shape index (κ2) is 37.3. The second-order valence-corrected chi connectivity index (χ2v) is 27.3. The number of halogens is 3. The Morgan fingerprint density at radius 1 is 0.610 bits per heavy atom. The fourth-order valence-corrected chi connectivity index (χ4v) is 11.4. The predicted molar refractivity (Wildman–Crippen MR) is 417 cm³/mol. The van der Waals surface area contributed by atoms with Crippen molar-refractivity contribution in [2.24, 2.45) is 0 Å². The molecular weight excluding hydrogens is 1430 g/mol. The maximum absolute atomic E-state index is 13.2. The molecule has 0 saturated heterocycles. The van der Waals surface area contributed by atoms with Crippen molar-refractivity contribution >= 4 is 142 Å². The fourth-order valence-electron chi connectivity index (χ4n) is 10.6. The van der Waals surface area contributed by atoms with E-state index < -0.39 is 22.1 Å². The van der Waals surface area contributed by atoms with Crippen molar-refractivity contribution in [2.75, 3.05) is 146 Å². The van der Waals surface area contributed by atoms with Crippen LogP contribution in [0.15, 0.2) is 129 Å². The number of ether oxygens (including phenoxy) is 4. The number of carbonyl (C=O) groups excluding carboxylic acids is 4. The number of anilines is 9. The predicted octanol–water partition coefficient (Wildman–Crippen LogP) is 12.3. The molecular formula is C73H88Cl3N15O13S. The summed E-state index contributed by atoms with van der Waals surface area (Å²) < 4.78 is 51.4. The summed E-state index contributed by atoms with van der Waals surface area (Å²) >= 11 is 19.0. The molecule has 28 nitrogen and oxygen atoms in total. The van der Waals surface area contributed by atoms with Crippen molar-refractivity contribution in [1.82, 2.24) is 39.2 Å². The number of methoxy groups -OCH3 is 2. The Morgan fingerprint density at radius 3 is 1.35 bits per heavy atom. The summed E-state index contributed by atoms with van der Waals surface area (Å²) in [5.74, 6) is -0.600. The topological polar surface area (TPSA) is 313 Å². The van der Waals surface area contributed by atoms with Gasteiger partial charge in [0.15, 0.2) is 0 Å². The van der Waals surface area contributed by atoms with Crippen LogP contribution in [0, 0.1) is 0 Å². The van der Waals surface area contributed by atoms with E-state index in [4.69, 9.17) is 77.9 Å². The van der Waals surface area contributed by atoms with Gasteiger partial charge < -0.3 is 74.8 Å². The Kier molecular flexibility index (Phi) is 29.1. The van der Waals surface area contributed by atoms with Crippen molar-refractivity contribution in [2.45, 2.75) is 46.3 Å². The summed E-state index contributed by atoms with van der Waals surface area (Å²) in [5, 5.41) is 18.6. The summed E-state index contributed by atoms with van der Waals surface area (Å²) in [7, 11) is 14.3. The van der Waals surface area contributed by atoms with Crippen molar-refractivity contribution in [3.63, 3.8) is 0 Å². The molecule has 2 amide bonds. The van der Waals surface area contributed by atoms with Crippen molar-refractivity contribution < 1.29 is 60.8 Å². The molecule has 0 unspecified atom stereocenters. The number of likely N-dealkylation sites (N-methyl/N-ethyl adjacent to an activating group) is 4. The first-order valence-corrected chi connectivity index (χ1v) is 35.6. The van der Waals surface area contributed by atoms with Gasteiger partial charge in [-0.15, -0.1) is 0 Å². The van der Waals surface area contributed by atoms with E-state index >= 15 is 0 Å². The van der Waals surface area contributed by atoms with Gasteiger partial charge >= 0.3 is 11.9 Å². The van der Waals surface area contributed by atoms with Crippen LogP contribution < -0.4 is 55.5 Å². The first-order valence-electron chi connectivity index (χ1n) is 32.7. The van der Waals surface area contributed by atoms with E-state index in [0.29, 0.717) is 108 Å². The molecule has 1 aliphatic rings. The zero-order valence-corrected chi connectivity index (χ0v) is 64.2. The first-order chi connectivity index (χ1) is 49.8. The molecule has 0 fully saturated rings. The smallest absolute Gasteiger partial charge is 0.342 e. The third-order valence-corrected chi connectivity index (χ3v) is 16.4. The molecule has 0 saturated carbocycles. The SMILES string of the molecule is C=CC(=O)Nc1cc(Nc2ncc(C(=O)OC(C)C)c(-c3cn(OC)c4c(Cl)cccc34)n2)c(OC)cc1N(C)CCN(C)C.C=CC(=O)Nc1cc(Nc2ncc(C(=O)OC(C)C)c(-c3cn(OC)c4c(Cl)cccc34)n2)c(OC)cc1N(C)CCN(C)C.CS(=O)(=O)O.Clc1cccc2c1NCC2. The van der Waals surface area contributed by atoms with Gasteiger partial charge in [-0.25, -0.2) is 29.5 Å². The minimum absolute atomic E-state index is 0.160. The highest BCUT2D eigenvalue weighted by Gasteiger charge is 2.28. The normalized spacial score (nSPS) is 11.4. The van der Waals surface area contributed by atoms with Crippen LogP contribution in [0.3, 0.4) is 0 Å². The minimum atomic E-state index is -3.67. The zero-order chi connectivity index (χ0) is 77.1. The monoisotopic (exact) mass is 1520 g/mol. The lowest BCUT2D eigenvalue weighted by atomic mass is 10.1. The van der Waals surface area contributed by atoms with E-state index in [-0.39, 0.29) is 47.0 Å². The zero-order valence-electron chi connectivity index (χ0n) is 61.1. The Hall–Kier alpha value is -10.4. The van der Waals surface area contributed by atoms with E-state index in [9.17, 15) is 27.6 Å². The summed E-state index contributed by atoms with van der Waals surface area (Å²) in [6, 6.07) is 24.0. The van der Waals surface area contributed by atoms with E-state index in [2.05, 4.69) is 65.6 Å². The number of aromatic nitrogens is 6. The number of fused-ring (bicyclic) bond motifs is 3. The van der Waals surface area contributed by atoms with Crippen LogP contribution in [-0.4, -0.2) is 198 Å². The quantitative estimate of drug-likeness (QED) is 0.0167. The highest BCUT2D eigenvalue weighted by Crippen LogP contribution is 2.42. The highest BCUT2D eigenvalue weighted by molar-refractivity contribution is 7.85. The average Bonchev–Trinajstić information content (AvgIpc) is 1.65. The van der Waals surface area contributed by atoms with Gasteiger partial charge in [0, 0.05) is 93.2 Å². The lowest BCUT2D eigenvalue weighted by molar-refractivity contribution is -0.112. The van der Waals surface area contributed by atoms with E-state index in [0.717, 1.165) is 48.1 Å². The number of nitrogens with zero attached hydrogens (tertiary/aromatic N) is 10. The molecule has 10 rings (SSSR count). The van der Waals surface area contributed by atoms with Gasteiger partial charge in [-0.1, -0.05) is 84.4 Å². The van der Waals surface area contributed by atoms with E-state index in [1.807, 2.05) is 101 Å². The lowest BCUT2D eigenvalue weighted by Gasteiger charge is -2.26. The molecule has 0 atom stereocenters. The van der Waals surface area contributed by atoms with Gasteiger partial charge in [-0.3, -0.25) is 14.1 Å². The standard InChI is InChI=1S/2C32H38ClN7O5.C8H8ClN.CH4O3S/c2*1-9-28(41)35-24-15-25(27(43-7)16-26(24)39(6)14-13-38(4)5)36-32-34-17-21(31(42)45-19(2)3)29(37-32)22-18-40(44-8)30-20(22)11-10-12-23(30)33;9-7-3-1-2-6-4-5-10-8(6)7;1-5(2,3)4/h2*9-12,15-19H,1,13-14H2,2-8H3,(H,35,41)(H,34,36,37);1-3,10H,4-5H2;1H3,(H,2,3,4). The Bertz CT molecular complexity index is 4480. The van der Waals surface area contributed by atoms with Crippen LogP contribution in [0.2, 0.25) is 15.1 Å². The van der Waals surface area contributed by atoms with E-state index in [1.54, 1.807) is 78.6 Å². The number of nitrogens with one attached hydrogen (secondary N) is 5. The fraction of sp³-hybridized carbons (Fsp3) is 0.315. The van der Waals surface area contributed by atoms with Crippen LogP contribution >= 0.6 is 34.8 Å². The largest absolute Gasteiger partial charge is 0.494 e. The summed E-state index contributed by atoms with van der Waals surface area (Å²) in [6.45, 7) is 18.2. The molecule has 0 spiro atoms. The molecule has 5 aromatic carbocycles. The van der Waals surface area contributed by atoms with E-state index in [1.165, 1.54) is 53.8 Å². The summed E-state index contributed by atoms with van der Waals surface area (Å²) in [4.78, 5) is 88.9. The first kappa shape index (κ1) is 81.9. The maximum atomic E-state index is 13.2. The van der Waals surface area contributed by atoms with Gasteiger partial charge in [0.05, 0.1) is 111 Å². The number of esters is 2. The molecule has 560 valence electrons. The average molecular weight is 1520 g/mol. The molecule has 9 aromatic rings. The molecule has 0 aliphatic carbocycles. The molecule has 5 heterocycles. The van der Waals surface area contributed by atoms with Gasteiger partial charge in [0.1, 0.15) is 47.9 Å². The van der Waals surface area contributed by atoms with Crippen LogP contribution in [0.4, 0.5) is 51.7 Å². The van der Waals surface area contributed by atoms with Gasteiger partial charge in [0.25, 0.3) is 10.1 Å². The minimum Gasteiger partial charge on any atom is -0.494 e. The molecule has 6 N–H and O–H groups in total. The van der Waals surface area contributed by atoms with Crippen molar-refractivity contribution in [1.29, 1.82) is 0 Å². The number of rotatable bonds is 26. The van der Waals surface area contributed by atoms with Crippen LogP contribution in [0.25, 0.3) is 44.3 Å². The van der Waals surface area contributed by atoms with Crippen LogP contribution in [-0.2, 0) is 35.6 Å².